The van der Waals surface area contributed by atoms with Crippen LogP contribution < -0.4 is 15.4 Å². The number of methoxy groups -OCH3 is 1. The Balaban J connectivity index is 1.18. The van der Waals surface area contributed by atoms with Gasteiger partial charge in [0.1, 0.15) is 11.3 Å². The van der Waals surface area contributed by atoms with Gasteiger partial charge < -0.3 is 19.8 Å². The molecular formula is C30H25N3O4S. The lowest BCUT2D eigenvalue weighted by molar-refractivity contribution is -0.115. The summed E-state index contributed by atoms with van der Waals surface area (Å²) in [7, 11) is 1.58. The van der Waals surface area contributed by atoms with Crippen molar-refractivity contribution in [1.29, 1.82) is 0 Å². The van der Waals surface area contributed by atoms with E-state index in [4.69, 9.17) is 9.15 Å². The van der Waals surface area contributed by atoms with Crippen molar-refractivity contribution in [3.8, 4) is 17.2 Å². The predicted molar refractivity (Wildman–Crippen MR) is 151 cm³/mol. The molecule has 190 valence electrons. The summed E-state index contributed by atoms with van der Waals surface area (Å²) in [5, 5.41) is 5.49. The molecule has 2 N–H and O–H groups in total. The summed E-state index contributed by atoms with van der Waals surface area (Å²) in [6.07, 6.45) is 0. The van der Waals surface area contributed by atoms with E-state index < -0.39 is 0 Å². The van der Waals surface area contributed by atoms with Crippen molar-refractivity contribution < 1.29 is 18.7 Å². The SMILES string of the molecule is COc1ccc(C(=O)Nc2cccc(SC(C)C(=O)Nc3ccc(-c4nc5ccccc5o4)cc3)c2)cc1. The van der Waals surface area contributed by atoms with Crippen LogP contribution in [0.2, 0.25) is 0 Å². The van der Waals surface area contributed by atoms with Crippen LogP contribution >= 0.6 is 11.8 Å². The molecule has 1 atom stereocenters. The maximum Gasteiger partial charge on any atom is 0.255 e. The highest BCUT2D eigenvalue weighted by molar-refractivity contribution is 8.00. The Hall–Kier alpha value is -4.56. The number of nitrogens with zero attached hydrogens (tertiary/aromatic N) is 1. The van der Waals surface area contributed by atoms with Gasteiger partial charge in [-0.25, -0.2) is 4.98 Å². The summed E-state index contributed by atoms with van der Waals surface area (Å²) in [4.78, 5) is 30.8. The summed E-state index contributed by atoms with van der Waals surface area (Å²) < 4.78 is 11.0. The number of anilines is 2. The molecule has 0 fully saturated rings. The summed E-state index contributed by atoms with van der Waals surface area (Å²) in [6, 6.07) is 29.3. The fourth-order valence-electron chi connectivity index (χ4n) is 3.79. The minimum absolute atomic E-state index is 0.128. The van der Waals surface area contributed by atoms with Gasteiger partial charge in [0.05, 0.1) is 12.4 Å². The van der Waals surface area contributed by atoms with Gasteiger partial charge in [0.15, 0.2) is 5.58 Å². The van der Waals surface area contributed by atoms with Crippen molar-refractivity contribution in [3.63, 3.8) is 0 Å². The number of aromatic nitrogens is 1. The van der Waals surface area contributed by atoms with Crippen molar-refractivity contribution in [1.82, 2.24) is 4.98 Å². The molecule has 5 aromatic rings. The van der Waals surface area contributed by atoms with Crippen LogP contribution in [-0.2, 0) is 4.79 Å². The Morgan fingerprint density at radius 2 is 1.63 bits per heavy atom. The second-order valence-electron chi connectivity index (χ2n) is 8.52. The van der Waals surface area contributed by atoms with Crippen LogP contribution in [0.15, 0.2) is 106 Å². The molecular weight excluding hydrogens is 498 g/mol. The van der Waals surface area contributed by atoms with E-state index in [0.717, 1.165) is 21.6 Å². The maximum atomic E-state index is 12.8. The first-order chi connectivity index (χ1) is 18.5. The highest BCUT2D eigenvalue weighted by atomic mass is 32.2. The van der Waals surface area contributed by atoms with Gasteiger partial charge in [-0.05, 0) is 85.8 Å². The third kappa shape index (κ3) is 5.87. The zero-order valence-corrected chi connectivity index (χ0v) is 21.6. The Morgan fingerprint density at radius 1 is 0.868 bits per heavy atom. The molecule has 0 aliphatic rings. The van der Waals surface area contributed by atoms with Crippen LogP contribution in [0.5, 0.6) is 5.75 Å². The van der Waals surface area contributed by atoms with E-state index in [1.807, 2.05) is 79.7 Å². The van der Waals surface area contributed by atoms with Crippen LogP contribution in [0.1, 0.15) is 17.3 Å². The Bertz CT molecular complexity index is 1550. The second-order valence-corrected chi connectivity index (χ2v) is 9.94. The summed E-state index contributed by atoms with van der Waals surface area (Å²) in [6.45, 7) is 1.84. The molecule has 2 amide bonds. The quantitative estimate of drug-likeness (QED) is 0.216. The third-order valence-corrected chi connectivity index (χ3v) is 6.91. The van der Waals surface area contributed by atoms with E-state index in [1.54, 1.807) is 31.4 Å². The van der Waals surface area contributed by atoms with Crippen molar-refractivity contribution in [2.45, 2.75) is 17.1 Å². The number of hydrogen-bond acceptors (Lipinski definition) is 6. The third-order valence-electron chi connectivity index (χ3n) is 5.82. The van der Waals surface area contributed by atoms with Crippen molar-refractivity contribution in [2.24, 2.45) is 0 Å². The van der Waals surface area contributed by atoms with Gasteiger partial charge >= 0.3 is 0 Å². The summed E-state index contributed by atoms with van der Waals surface area (Å²) in [5.74, 6) is 0.873. The average molecular weight is 524 g/mol. The standard InChI is InChI=1S/C30H25N3O4S/c1-19(38-25-7-5-6-23(18-25)32-29(35)20-12-16-24(36-2)17-13-20)28(34)31-22-14-10-21(11-15-22)30-33-26-8-3-4-9-27(26)37-30/h3-19H,1-2H3,(H,31,34)(H,32,35). The highest BCUT2D eigenvalue weighted by Gasteiger charge is 2.16. The molecule has 1 heterocycles. The monoisotopic (exact) mass is 523 g/mol. The zero-order chi connectivity index (χ0) is 26.5. The van der Waals surface area contributed by atoms with Crippen molar-refractivity contribution in [2.75, 3.05) is 17.7 Å². The lowest BCUT2D eigenvalue weighted by Gasteiger charge is -2.13. The normalized spacial score (nSPS) is 11.6. The number of nitrogens with one attached hydrogen (secondary N) is 2. The number of rotatable bonds is 8. The Labute approximate surface area is 224 Å². The molecule has 1 aromatic heterocycles. The Kier molecular flexibility index (Phi) is 7.42. The van der Waals surface area contributed by atoms with Gasteiger partial charge in [0.25, 0.3) is 5.91 Å². The van der Waals surface area contributed by atoms with E-state index >= 15 is 0 Å². The summed E-state index contributed by atoms with van der Waals surface area (Å²) in [5.41, 5.74) is 4.22. The number of carbonyl (C=O) groups excluding carboxylic acids is 2. The first-order valence-electron chi connectivity index (χ1n) is 12.0. The number of carbonyl (C=O) groups is 2. The van der Waals surface area contributed by atoms with E-state index in [9.17, 15) is 9.59 Å². The topological polar surface area (TPSA) is 93.5 Å². The number of ether oxygens (including phenoxy) is 1. The molecule has 7 nitrogen and oxygen atoms in total. The molecule has 0 spiro atoms. The van der Waals surface area contributed by atoms with Gasteiger partial charge in [-0.2, -0.15) is 0 Å². The number of oxazole rings is 1. The maximum absolute atomic E-state index is 12.8. The van der Waals surface area contributed by atoms with Crippen LogP contribution in [-0.4, -0.2) is 29.2 Å². The largest absolute Gasteiger partial charge is 0.497 e. The zero-order valence-electron chi connectivity index (χ0n) is 20.8. The summed E-state index contributed by atoms with van der Waals surface area (Å²) >= 11 is 1.41. The molecule has 0 bridgehead atoms. The molecule has 0 radical (unpaired) electrons. The fourth-order valence-corrected chi connectivity index (χ4v) is 4.71. The number of benzene rings is 4. The lowest BCUT2D eigenvalue weighted by Crippen LogP contribution is -2.22. The number of fused-ring (bicyclic) bond motifs is 1. The van der Waals surface area contributed by atoms with E-state index in [0.29, 0.717) is 28.6 Å². The number of amides is 2. The molecule has 0 aliphatic heterocycles. The minimum Gasteiger partial charge on any atom is -0.497 e. The first-order valence-corrected chi connectivity index (χ1v) is 12.9. The highest BCUT2D eigenvalue weighted by Crippen LogP contribution is 2.28. The second kappa shape index (κ2) is 11.2. The number of hydrogen-bond donors (Lipinski definition) is 2. The average Bonchev–Trinajstić information content (AvgIpc) is 3.38. The van der Waals surface area contributed by atoms with Gasteiger partial charge in [0, 0.05) is 27.4 Å². The number of thioether (sulfide) groups is 1. The molecule has 38 heavy (non-hydrogen) atoms. The van der Waals surface area contributed by atoms with Gasteiger partial charge in [0.2, 0.25) is 11.8 Å². The smallest absolute Gasteiger partial charge is 0.255 e. The van der Waals surface area contributed by atoms with Gasteiger partial charge in [-0.1, -0.05) is 18.2 Å². The van der Waals surface area contributed by atoms with Crippen LogP contribution in [0.4, 0.5) is 11.4 Å². The molecule has 0 aliphatic carbocycles. The van der Waals surface area contributed by atoms with E-state index in [-0.39, 0.29) is 17.1 Å². The van der Waals surface area contributed by atoms with Crippen LogP contribution in [0.3, 0.4) is 0 Å². The molecule has 5 rings (SSSR count). The van der Waals surface area contributed by atoms with Crippen LogP contribution in [0.25, 0.3) is 22.6 Å². The van der Waals surface area contributed by atoms with Crippen LogP contribution in [0, 0.1) is 0 Å². The number of para-hydroxylation sites is 2. The predicted octanol–water partition coefficient (Wildman–Crippen LogP) is 6.88. The molecule has 0 saturated heterocycles. The van der Waals surface area contributed by atoms with E-state index in [1.165, 1.54) is 11.8 Å². The molecule has 4 aromatic carbocycles. The first kappa shape index (κ1) is 25.1. The fraction of sp³-hybridized carbons (Fsp3) is 0.100. The molecule has 8 heteroatoms. The van der Waals surface area contributed by atoms with Gasteiger partial charge in [-0.3, -0.25) is 9.59 Å². The van der Waals surface area contributed by atoms with Gasteiger partial charge in [-0.15, -0.1) is 11.8 Å². The van der Waals surface area contributed by atoms with Crippen molar-refractivity contribution in [3.05, 3.63) is 103 Å². The lowest BCUT2D eigenvalue weighted by atomic mass is 10.2. The molecule has 0 saturated carbocycles. The van der Waals surface area contributed by atoms with Crippen molar-refractivity contribution >= 4 is 46.1 Å². The minimum atomic E-state index is -0.362. The Morgan fingerprint density at radius 3 is 2.37 bits per heavy atom. The van der Waals surface area contributed by atoms with E-state index in [2.05, 4.69) is 15.6 Å². The molecule has 1 unspecified atom stereocenters.